The number of rotatable bonds is 8. The van der Waals surface area contributed by atoms with Gasteiger partial charge in [0, 0.05) is 25.6 Å². The Balaban J connectivity index is 2.02. The van der Waals surface area contributed by atoms with E-state index in [0.29, 0.717) is 0 Å². The number of fused-ring (bicyclic) bond motifs is 1. The molecule has 1 heterocycles. The summed E-state index contributed by atoms with van der Waals surface area (Å²) in [6, 6.07) is 11.9. The fourth-order valence-electron chi connectivity index (χ4n) is 4.10. The van der Waals surface area contributed by atoms with Gasteiger partial charge in [-0.25, -0.2) is 13.2 Å². The number of urea groups is 1. The SMILES string of the molecule is CC(C)NC(=O)Nc1cccc2c1O[C@@H](CN(C)S(=O)(=O)c1ccccc1)[C@H](C)CN([C@H](C)CO)C2=O. The lowest BCUT2D eigenvalue weighted by Gasteiger charge is -2.38. The first kappa shape index (κ1) is 28.4. The van der Waals surface area contributed by atoms with Gasteiger partial charge in [-0.3, -0.25) is 4.79 Å². The fourth-order valence-corrected chi connectivity index (χ4v) is 5.31. The number of aliphatic hydroxyl groups excluding tert-OH is 1. The molecule has 0 unspecified atom stereocenters. The van der Waals surface area contributed by atoms with Gasteiger partial charge in [0.15, 0.2) is 5.75 Å². The Hall–Kier alpha value is -3.15. The maximum absolute atomic E-state index is 13.5. The number of nitrogens with zero attached hydrogens (tertiary/aromatic N) is 2. The first-order chi connectivity index (χ1) is 17.4. The molecule has 2 aromatic rings. The van der Waals surface area contributed by atoms with Crippen molar-refractivity contribution in [3.05, 3.63) is 54.1 Å². The third-order valence-electron chi connectivity index (χ3n) is 6.25. The van der Waals surface area contributed by atoms with Crippen molar-refractivity contribution in [3.63, 3.8) is 0 Å². The number of nitrogens with one attached hydrogen (secondary N) is 2. The predicted molar refractivity (Wildman–Crippen MR) is 141 cm³/mol. The first-order valence-corrected chi connectivity index (χ1v) is 13.7. The van der Waals surface area contributed by atoms with Crippen LogP contribution in [0.4, 0.5) is 10.5 Å². The molecule has 0 aromatic heterocycles. The smallest absolute Gasteiger partial charge is 0.319 e. The molecule has 0 radical (unpaired) electrons. The molecule has 3 rings (SSSR count). The van der Waals surface area contributed by atoms with E-state index in [1.54, 1.807) is 48.2 Å². The molecule has 37 heavy (non-hydrogen) atoms. The van der Waals surface area contributed by atoms with Gasteiger partial charge in [-0.2, -0.15) is 4.31 Å². The Morgan fingerprint density at radius 2 is 1.84 bits per heavy atom. The van der Waals surface area contributed by atoms with Gasteiger partial charge < -0.3 is 25.4 Å². The molecule has 3 amide bonds. The minimum Gasteiger partial charge on any atom is -0.486 e. The van der Waals surface area contributed by atoms with E-state index in [-0.39, 0.29) is 59.5 Å². The Morgan fingerprint density at radius 1 is 1.16 bits per heavy atom. The molecule has 0 spiro atoms. The van der Waals surface area contributed by atoms with E-state index >= 15 is 0 Å². The Morgan fingerprint density at radius 3 is 2.46 bits per heavy atom. The topological polar surface area (TPSA) is 128 Å². The zero-order valence-corrected chi connectivity index (χ0v) is 22.7. The van der Waals surface area contributed by atoms with E-state index in [0.717, 1.165) is 0 Å². The lowest BCUT2D eigenvalue weighted by atomic mass is 9.99. The van der Waals surface area contributed by atoms with E-state index in [1.807, 2.05) is 20.8 Å². The highest BCUT2D eigenvalue weighted by Gasteiger charge is 2.36. The second-order valence-corrected chi connectivity index (χ2v) is 11.7. The largest absolute Gasteiger partial charge is 0.486 e. The molecular formula is C26H36N4O6S. The molecule has 1 aliphatic heterocycles. The van der Waals surface area contributed by atoms with Crippen molar-refractivity contribution in [2.24, 2.45) is 5.92 Å². The summed E-state index contributed by atoms with van der Waals surface area (Å²) in [5.74, 6) is -0.499. The molecule has 0 saturated carbocycles. The number of benzene rings is 2. The molecule has 11 heteroatoms. The van der Waals surface area contributed by atoms with Gasteiger partial charge in [0.1, 0.15) is 6.10 Å². The molecule has 3 atom stereocenters. The third kappa shape index (κ3) is 6.60. The second-order valence-electron chi connectivity index (χ2n) is 9.66. The van der Waals surface area contributed by atoms with Gasteiger partial charge in [0.25, 0.3) is 5.91 Å². The number of aliphatic hydroxyl groups is 1. The van der Waals surface area contributed by atoms with E-state index < -0.39 is 28.2 Å². The third-order valence-corrected chi connectivity index (χ3v) is 8.09. The minimum atomic E-state index is -3.80. The quantitative estimate of drug-likeness (QED) is 0.480. The van der Waals surface area contributed by atoms with Crippen molar-refractivity contribution < 1.29 is 27.9 Å². The van der Waals surface area contributed by atoms with Gasteiger partial charge in [-0.05, 0) is 45.0 Å². The molecule has 10 nitrogen and oxygen atoms in total. The monoisotopic (exact) mass is 532 g/mol. The number of carbonyl (C=O) groups excluding carboxylic acids is 2. The Kier molecular flexibility index (Phi) is 9.16. The average molecular weight is 533 g/mol. The number of hydrogen-bond acceptors (Lipinski definition) is 6. The van der Waals surface area contributed by atoms with Gasteiger partial charge in [-0.15, -0.1) is 0 Å². The summed E-state index contributed by atoms with van der Waals surface area (Å²) < 4.78 is 34.0. The summed E-state index contributed by atoms with van der Waals surface area (Å²) in [6.45, 7) is 7.26. The van der Waals surface area contributed by atoms with Crippen molar-refractivity contribution >= 4 is 27.6 Å². The minimum absolute atomic E-state index is 0.000104. The molecule has 0 fully saturated rings. The highest BCUT2D eigenvalue weighted by molar-refractivity contribution is 7.89. The van der Waals surface area contributed by atoms with Crippen LogP contribution in [0.5, 0.6) is 5.75 Å². The van der Waals surface area contributed by atoms with Crippen molar-refractivity contribution in [1.82, 2.24) is 14.5 Å². The molecular weight excluding hydrogens is 496 g/mol. The van der Waals surface area contributed by atoms with Crippen molar-refractivity contribution in [2.45, 2.75) is 50.8 Å². The molecule has 3 N–H and O–H groups in total. The van der Waals surface area contributed by atoms with Crippen molar-refractivity contribution in [3.8, 4) is 5.75 Å². The van der Waals surface area contributed by atoms with Crippen LogP contribution < -0.4 is 15.4 Å². The highest BCUT2D eigenvalue weighted by Crippen LogP contribution is 2.35. The van der Waals surface area contributed by atoms with Crippen molar-refractivity contribution in [2.75, 3.05) is 32.1 Å². The van der Waals surface area contributed by atoms with Gasteiger partial charge >= 0.3 is 6.03 Å². The van der Waals surface area contributed by atoms with Crippen LogP contribution in [-0.4, -0.2) is 79.6 Å². The van der Waals surface area contributed by atoms with Crippen LogP contribution in [0.15, 0.2) is 53.4 Å². The van der Waals surface area contributed by atoms with E-state index in [2.05, 4.69) is 10.6 Å². The number of amides is 3. The maximum atomic E-state index is 13.5. The first-order valence-electron chi connectivity index (χ1n) is 12.3. The summed E-state index contributed by atoms with van der Waals surface area (Å²) in [7, 11) is -2.31. The summed E-state index contributed by atoms with van der Waals surface area (Å²) >= 11 is 0. The summed E-state index contributed by atoms with van der Waals surface area (Å²) in [5.41, 5.74) is 0.501. The highest BCUT2D eigenvalue weighted by atomic mass is 32.2. The zero-order valence-electron chi connectivity index (χ0n) is 21.8. The predicted octanol–water partition coefficient (Wildman–Crippen LogP) is 2.76. The molecule has 1 aliphatic rings. The molecule has 0 aliphatic carbocycles. The van der Waals surface area contributed by atoms with E-state index in [4.69, 9.17) is 4.74 Å². The van der Waals surface area contributed by atoms with Crippen LogP contribution in [0, 0.1) is 5.92 Å². The standard InChI is InChI=1S/C26H36N4O6S/c1-17(2)27-26(33)28-22-13-9-12-21-24(22)36-23(18(3)14-30(25(21)32)19(4)16-31)15-29(5)37(34,35)20-10-7-6-8-11-20/h6-13,17-19,23,31H,14-16H2,1-5H3,(H2,27,28,33)/t18-,19-,23+/m1/s1. The van der Waals surface area contributed by atoms with Crippen LogP contribution >= 0.6 is 0 Å². The molecule has 202 valence electrons. The molecule has 2 aromatic carbocycles. The number of para-hydroxylation sites is 1. The van der Waals surface area contributed by atoms with Crippen LogP contribution in [0.3, 0.4) is 0 Å². The van der Waals surface area contributed by atoms with E-state index in [1.165, 1.54) is 23.5 Å². The fraction of sp³-hybridized carbons (Fsp3) is 0.462. The van der Waals surface area contributed by atoms with Gasteiger partial charge in [0.2, 0.25) is 10.0 Å². The van der Waals surface area contributed by atoms with Crippen LogP contribution in [0.25, 0.3) is 0 Å². The van der Waals surface area contributed by atoms with Crippen LogP contribution in [0.1, 0.15) is 38.1 Å². The number of hydrogen-bond donors (Lipinski definition) is 3. The lowest BCUT2D eigenvalue weighted by molar-refractivity contribution is 0.0389. The lowest BCUT2D eigenvalue weighted by Crippen LogP contribution is -2.50. The zero-order chi connectivity index (χ0) is 27.3. The summed E-state index contributed by atoms with van der Waals surface area (Å²) in [5, 5.41) is 15.3. The van der Waals surface area contributed by atoms with Gasteiger partial charge in [0.05, 0.1) is 35.3 Å². The number of likely N-dealkylation sites (N-methyl/N-ethyl adjacent to an activating group) is 1. The number of carbonyl (C=O) groups is 2. The second kappa shape index (κ2) is 11.9. The normalized spacial score (nSPS) is 19.0. The van der Waals surface area contributed by atoms with Crippen molar-refractivity contribution in [1.29, 1.82) is 0 Å². The maximum Gasteiger partial charge on any atom is 0.319 e. The Labute approximate surface area is 218 Å². The molecule has 0 bridgehead atoms. The number of sulfonamides is 1. The van der Waals surface area contributed by atoms with Crippen LogP contribution in [0.2, 0.25) is 0 Å². The van der Waals surface area contributed by atoms with Gasteiger partial charge in [-0.1, -0.05) is 31.2 Å². The summed E-state index contributed by atoms with van der Waals surface area (Å²) in [6.07, 6.45) is -0.667. The number of ether oxygens (including phenoxy) is 1. The van der Waals surface area contributed by atoms with Crippen LogP contribution in [-0.2, 0) is 10.0 Å². The number of anilines is 1. The Bertz CT molecular complexity index is 1200. The molecule has 0 saturated heterocycles. The average Bonchev–Trinajstić information content (AvgIpc) is 2.85. The van der Waals surface area contributed by atoms with E-state index in [9.17, 15) is 23.1 Å². The summed E-state index contributed by atoms with van der Waals surface area (Å²) in [4.78, 5) is 27.7.